The van der Waals surface area contributed by atoms with Crippen molar-refractivity contribution in [1.29, 1.82) is 0 Å². The molecule has 0 fully saturated rings. The largest absolute Gasteiger partial charge is 0.590 e. The summed E-state index contributed by atoms with van der Waals surface area (Å²) in [5, 5.41) is 5.46. The van der Waals surface area contributed by atoms with Crippen molar-refractivity contribution in [2.75, 3.05) is 11.6 Å². The van der Waals surface area contributed by atoms with Crippen molar-refractivity contribution in [1.82, 2.24) is 0 Å². The molecular formula is C15H12N5-. The zero-order valence-corrected chi connectivity index (χ0v) is 10.7. The van der Waals surface area contributed by atoms with Crippen LogP contribution < -0.4 is 5.01 Å². The second-order valence-corrected chi connectivity index (χ2v) is 4.35. The van der Waals surface area contributed by atoms with E-state index >= 15 is 0 Å². The molecule has 20 heavy (non-hydrogen) atoms. The number of azide groups is 1. The van der Waals surface area contributed by atoms with E-state index < -0.39 is 0 Å². The molecule has 0 unspecified atom stereocenters. The summed E-state index contributed by atoms with van der Waals surface area (Å²) in [6, 6.07) is 9.86. The summed E-state index contributed by atoms with van der Waals surface area (Å²) in [6.07, 6.45) is 9.84. The van der Waals surface area contributed by atoms with Gasteiger partial charge >= 0.3 is 0 Å². The highest BCUT2D eigenvalue weighted by molar-refractivity contribution is 5.67. The van der Waals surface area contributed by atoms with Crippen molar-refractivity contribution in [2.45, 2.75) is 0 Å². The molecule has 0 bridgehead atoms. The first-order valence-electron chi connectivity index (χ1n) is 6.25. The Kier molecular flexibility index (Phi) is 3.27. The number of benzene rings is 1. The quantitative estimate of drug-likeness (QED) is 0.453. The molecule has 0 saturated carbocycles. The minimum Gasteiger partial charge on any atom is -0.590 e. The van der Waals surface area contributed by atoms with E-state index in [9.17, 15) is 0 Å². The SMILES string of the molecule is [N-]=[N+]=NCC1=CN(c2ccccc2)[N-]C1=C1C=CC=C1. The standard InChI is InChI=1S/C15H12N5/c16-19-17-10-13-11-20(14-8-2-1-3-9-14)18-15(13)12-6-4-5-7-12/h1-9,11H,10H2/q-1. The molecule has 98 valence electrons. The highest BCUT2D eigenvalue weighted by Gasteiger charge is 2.11. The zero-order valence-electron chi connectivity index (χ0n) is 10.7. The van der Waals surface area contributed by atoms with Gasteiger partial charge in [0.15, 0.2) is 0 Å². The first-order valence-corrected chi connectivity index (χ1v) is 6.25. The predicted molar refractivity (Wildman–Crippen MR) is 79.7 cm³/mol. The maximum atomic E-state index is 8.50. The van der Waals surface area contributed by atoms with E-state index in [1.54, 1.807) is 0 Å². The van der Waals surface area contributed by atoms with Gasteiger partial charge in [-0.15, -0.1) is 5.70 Å². The molecule has 2 aliphatic rings. The van der Waals surface area contributed by atoms with Crippen LogP contribution in [-0.2, 0) is 0 Å². The van der Waals surface area contributed by atoms with Gasteiger partial charge in [-0.05, 0) is 35.0 Å². The van der Waals surface area contributed by atoms with Crippen LogP contribution in [0.3, 0.4) is 0 Å². The van der Waals surface area contributed by atoms with Gasteiger partial charge in [0.2, 0.25) is 0 Å². The molecule has 0 saturated heterocycles. The van der Waals surface area contributed by atoms with Crippen LogP contribution in [0.4, 0.5) is 5.69 Å². The van der Waals surface area contributed by atoms with E-state index in [0.717, 1.165) is 22.5 Å². The highest BCUT2D eigenvalue weighted by Crippen LogP contribution is 2.36. The fourth-order valence-corrected chi connectivity index (χ4v) is 2.12. The fraction of sp³-hybridized carbons (Fsp3) is 0.0667. The van der Waals surface area contributed by atoms with Crippen molar-refractivity contribution in [2.24, 2.45) is 5.11 Å². The molecule has 3 rings (SSSR count). The molecule has 1 aliphatic carbocycles. The Morgan fingerprint density at radius 1 is 1.15 bits per heavy atom. The fourth-order valence-electron chi connectivity index (χ4n) is 2.12. The summed E-state index contributed by atoms with van der Waals surface area (Å²) in [6.45, 7) is 0.295. The van der Waals surface area contributed by atoms with E-state index in [4.69, 9.17) is 5.53 Å². The summed E-state index contributed by atoms with van der Waals surface area (Å²) < 4.78 is 0. The lowest BCUT2D eigenvalue weighted by Gasteiger charge is -2.33. The number of anilines is 1. The van der Waals surface area contributed by atoms with E-state index in [2.05, 4.69) is 15.5 Å². The summed E-state index contributed by atoms with van der Waals surface area (Å²) >= 11 is 0. The number of rotatable bonds is 3. The average Bonchev–Trinajstić information content (AvgIpc) is 3.15. The molecule has 1 aromatic rings. The lowest BCUT2D eigenvalue weighted by Crippen LogP contribution is -2.04. The number of nitrogens with zero attached hydrogens (tertiary/aromatic N) is 5. The molecule has 0 aromatic heterocycles. The number of hydrogen-bond donors (Lipinski definition) is 0. The second kappa shape index (κ2) is 5.38. The third-order valence-corrected chi connectivity index (χ3v) is 3.05. The summed E-state index contributed by atoms with van der Waals surface area (Å²) in [7, 11) is 0. The third-order valence-electron chi connectivity index (χ3n) is 3.05. The van der Waals surface area contributed by atoms with Crippen LogP contribution in [0.25, 0.3) is 15.9 Å². The van der Waals surface area contributed by atoms with Crippen LogP contribution in [0.2, 0.25) is 0 Å². The minimum atomic E-state index is 0.295. The van der Waals surface area contributed by atoms with Crippen molar-refractivity contribution in [3.8, 4) is 0 Å². The average molecular weight is 262 g/mol. The summed E-state index contributed by atoms with van der Waals surface area (Å²) in [5.41, 5.74) is 16.9. The smallest absolute Gasteiger partial charge is 0.0513 e. The van der Waals surface area contributed by atoms with Gasteiger partial charge < -0.3 is 10.4 Å². The Morgan fingerprint density at radius 3 is 2.60 bits per heavy atom. The van der Waals surface area contributed by atoms with Crippen molar-refractivity contribution in [3.63, 3.8) is 0 Å². The van der Waals surface area contributed by atoms with Crippen LogP contribution >= 0.6 is 0 Å². The lowest BCUT2D eigenvalue weighted by atomic mass is 10.1. The second-order valence-electron chi connectivity index (χ2n) is 4.35. The van der Waals surface area contributed by atoms with Gasteiger partial charge in [0.1, 0.15) is 0 Å². The topological polar surface area (TPSA) is 66.1 Å². The molecule has 0 N–H and O–H groups in total. The molecule has 0 atom stereocenters. The molecule has 0 amide bonds. The zero-order chi connectivity index (χ0) is 13.8. The normalized spacial score (nSPS) is 16.2. The van der Waals surface area contributed by atoms with Crippen LogP contribution in [0, 0.1) is 0 Å². The predicted octanol–water partition coefficient (Wildman–Crippen LogP) is 4.37. The first kappa shape index (κ1) is 12.1. The van der Waals surface area contributed by atoms with Crippen molar-refractivity contribution < 1.29 is 0 Å². The maximum absolute atomic E-state index is 8.50. The first-order chi connectivity index (χ1) is 9.88. The molecule has 0 spiro atoms. The lowest BCUT2D eigenvalue weighted by molar-refractivity contribution is 1.14. The Morgan fingerprint density at radius 2 is 1.90 bits per heavy atom. The van der Waals surface area contributed by atoms with Gasteiger partial charge in [-0.1, -0.05) is 47.6 Å². The van der Waals surface area contributed by atoms with Gasteiger partial charge in [0, 0.05) is 10.6 Å². The molecular weight excluding hydrogens is 250 g/mol. The van der Waals surface area contributed by atoms with Crippen molar-refractivity contribution in [3.05, 3.63) is 93.5 Å². The van der Waals surface area contributed by atoms with Crippen LogP contribution in [0.15, 0.2) is 82.8 Å². The Balaban J connectivity index is 1.96. The molecule has 1 heterocycles. The third kappa shape index (κ3) is 2.30. The van der Waals surface area contributed by atoms with E-state index in [0.29, 0.717) is 6.54 Å². The van der Waals surface area contributed by atoms with Crippen LogP contribution in [0.5, 0.6) is 0 Å². The summed E-state index contributed by atoms with van der Waals surface area (Å²) in [4.78, 5) is 2.82. The van der Waals surface area contributed by atoms with E-state index in [1.807, 2.05) is 65.8 Å². The van der Waals surface area contributed by atoms with Crippen LogP contribution in [0.1, 0.15) is 0 Å². The molecule has 1 aromatic carbocycles. The molecule has 5 heteroatoms. The molecule has 1 aliphatic heterocycles. The minimum absolute atomic E-state index is 0.295. The Bertz CT molecular complexity index is 661. The Labute approximate surface area is 116 Å². The van der Waals surface area contributed by atoms with Gasteiger partial charge in [-0.3, -0.25) is 0 Å². The summed E-state index contributed by atoms with van der Waals surface area (Å²) in [5.74, 6) is 0. The number of para-hydroxylation sites is 1. The van der Waals surface area contributed by atoms with E-state index in [1.165, 1.54) is 0 Å². The number of hydrogen-bond acceptors (Lipinski definition) is 2. The monoisotopic (exact) mass is 262 g/mol. The van der Waals surface area contributed by atoms with Crippen LogP contribution in [-0.4, -0.2) is 6.54 Å². The van der Waals surface area contributed by atoms with E-state index in [-0.39, 0.29) is 0 Å². The van der Waals surface area contributed by atoms with Gasteiger partial charge in [-0.25, -0.2) is 0 Å². The Hall–Kier alpha value is -2.91. The maximum Gasteiger partial charge on any atom is 0.0513 e. The molecule has 0 radical (unpaired) electrons. The van der Waals surface area contributed by atoms with Gasteiger partial charge in [0.05, 0.1) is 6.54 Å². The molecule has 5 nitrogen and oxygen atoms in total. The van der Waals surface area contributed by atoms with Crippen molar-refractivity contribution >= 4 is 5.69 Å². The van der Waals surface area contributed by atoms with Gasteiger partial charge in [0.25, 0.3) is 0 Å². The number of allylic oxidation sites excluding steroid dienone is 5. The van der Waals surface area contributed by atoms with Gasteiger partial charge in [-0.2, -0.15) is 0 Å². The highest BCUT2D eigenvalue weighted by atomic mass is 15.5.